The summed E-state index contributed by atoms with van der Waals surface area (Å²) in [5.41, 5.74) is 3.13. The molecule has 1 N–H and O–H groups in total. The normalized spacial score (nSPS) is 17.3. The van der Waals surface area contributed by atoms with Crippen LogP contribution in [0.4, 0.5) is 5.69 Å². The average molecular weight is 443 g/mol. The number of anilines is 1. The van der Waals surface area contributed by atoms with Crippen LogP contribution in [0.3, 0.4) is 0 Å². The van der Waals surface area contributed by atoms with Gasteiger partial charge < -0.3 is 19.6 Å². The molecule has 33 heavy (non-hydrogen) atoms. The summed E-state index contributed by atoms with van der Waals surface area (Å²) < 4.78 is 5.26. The van der Waals surface area contributed by atoms with E-state index in [1.807, 2.05) is 73.6 Å². The van der Waals surface area contributed by atoms with Crippen LogP contribution < -0.4 is 9.64 Å². The fourth-order valence-corrected chi connectivity index (χ4v) is 4.05. The standard InChI is InChI=1S/C27H26N2O4/c1-28(2)21-14-12-19(13-15-21)24-23(25(30)20-10-7-11-22(16-20)33-3)26(31)27(32)29(24)17-18-8-5-4-6-9-18/h4-16,24,30H,17H2,1-3H3. The van der Waals surface area contributed by atoms with Crippen molar-refractivity contribution < 1.29 is 19.4 Å². The van der Waals surface area contributed by atoms with Crippen molar-refractivity contribution in [3.8, 4) is 5.75 Å². The number of aliphatic hydroxyl groups excluding tert-OH is 1. The van der Waals surface area contributed by atoms with Crippen molar-refractivity contribution in [3.63, 3.8) is 0 Å². The lowest BCUT2D eigenvalue weighted by molar-refractivity contribution is -0.140. The number of ketones is 1. The number of nitrogens with zero attached hydrogens (tertiary/aromatic N) is 2. The Morgan fingerprint density at radius 1 is 0.970 bits per heavy atom. The smallest absolute Gasteiger partial charge is 0.295 e. The van der Waals surface area contributed by atoms with Gasteiger partial charge in [0.05, 0.1) is 18.7 Å². The molecule has 0 aliphatic carbocycles. The molecule has 1 fully saturated rings. The van der Waals surface area contributed by atoms with Gasteiger partial charge in [0.2, 0.25) is 0 Å². The maximum Gasteiger partial charge on any atom is 0.295 e. The summed E-state index contributed by atoms with van der Waals surface area (Å²) in [5.74, 6) is -1.01. The molecule has 3 aromatic rings. The van der Waals surface area contributed by atoms with Crippen molar-refractivity contribution in [2.24, 2.45) is 0 Å². The Bertz CT molecular complexity index is 1200. The molecule has 0 radical (unpaired) electrons. The predicted octanol–water partition coefficient (Wildman–Crippen LogP) is 4.38. The fourth-order valence-electron chi connectivity index (χ4n) is 4.05. The molecule has 1 heterocycles. The van der Waals surface area contributed by atoms with Crippen LogP contribution >= 0.6 is 0 Å². The minimum Gasteiger partial charge on any atom is -0.507 e. The number of ether oxygens (including phenoxy) is 1. The highest BCUT2D eigenvalue weighted by Crippen LogP contribution is 2.41. The highest BCUT2D eigenvalue weighted by Gasteiger charge is 2.46. The number of hydrogen-bond donors (Lipinski definition) is 1. The van der Waals surface area contributed by atoms with E-state index in [1.54, 1.807) is 24.3 Å². The minimum absolute atomic E-state index is 0.0711. The Morgan fingerprint density at radius 2 is 1.67 bits per heavy atom. The Labute approximate surface area is 193 Å². The summed E-state index contributed by atoms with van der Waals surface area (Å²) in [5, 5.41) is 11.2. The summed E-state index contributed by atoms with van der Waals surface area (Å²) in [6.07, 6.45) is 0. The molecular formula is C27H26N2O4. The minimum atomic E-state index is -0.715. The van der Waals surface area contributed by atoms with Crippen molar-refractivity contribution in [2.45, 2.75) is 12.6 Å². The molecule has 0 spiro atoms. The van der Waals surface area contributed by atoms with E-state index in [2.05, 4.69) is 0 Å². The van der Waals surface area contributed by atoms with Gasteiger partial charge in [-0.15, -0.1) is 0 Å². The van der Waals surface area contributed by atoms with Crippen LogP contribution in [-0.2, 0) is 16.1 Å². The molecule has 1 aliphatic heterocycles. The van der Waals surface area contributed by atoms with Crippen molar-refractivity contribution >= 4 is 23.1 Å². The van der Waals surface area contributed by atoms with Crippen LogP contribution in [0.2, 0.25) is 0 Å². The number of likely N-dealkylation sites (tertiary alicyclic amines) is 1. The highest BCUT2D eigenvalue weighted by molar-refractivity contribution is 6.46. The van der Waals surface area contributed by atoms with Crippen LogP contribution in [0.5, 0.6) is 5.75 Å². The van der Waals surface area contributed by atoms with Gasteiger partial charge in [-0.25, -0.2) is 0 Å². The molecular weight excluding hydrogens is 416 g/mol. The third kappa shape index (κ3) is 4.32. The number of methoxy groups -OCH3 is 1. The predicted molar refractivity (Wildman–Crippen MR) is 128 cm³/mol. The second-order valence-electron chi connectivity index (χ2n) is 8.13. The number of aliphatic hydroxyl groups is 1. The Morgan fingerprint density at radius 3 is 2.30 bits per heavy atom. The fraction of sp³-hybridized carbons (Fsp3) is 0.185. The summed E-state index contributed by atoms with van der Waals surface area (Å²) in [7, 11) is 5.42. The number of carbonyl (C=O) groups is 2. The number of hydrogen-bond acceptors (Lipinski definition) is 5. The second kappa shape index (κ2) is 9.20. The molecule has 4 rings (SSSR count). The van der Waals surface area contributed by atoms with Crippen LogP contribution in [0.1, 0.15) is 22.7 Å². The van der Waals surface area contributed by atoms with Crippen LogP contribution in [-0.4, -0.2) is 42.9 Å². The van der Waals surface area contributed by atoms with Crippen LogP contribution in [0, 0.1) is 0 Å². The van der Waals surface area contributed by atoms with Crippen molar-refractivity contribution in [1.29, 1.82) is 0 Å². The third-order valence-electron chi connectivity index (χ3n) is 5.80. The number of benzene rings is 3. The largest absolute Gasteiger partial charge is 0.507 e. The van der Waals surface area contributed by atoms with E-state index in [-0.39, 0.29) is 17.9 Å². The first-order chi connectivity index (χ1) is 15.9. The van der Waals surface area contributed by atoms with E-state index in [0.29, 0.717) is 11.3 Å². The molecule has 1 aliphatic rings. The number of carbonyl (C=O) groups excluding carboxylic acids is 2. The third-order valence-corrected chi connectivity index (χ3v) is 5.80. The average Bonchev–Trinajstić information content (AvgIpc) is 3.09. The van der Waals surface area contributed by atoms with Crippen LogP contribution in [0.25, 0.3) is 5.76 Å². The lowest BCUT2D eigenvalue weighted by Crippen LogP contribution is -2.29. The molecule has 1 saturated heterocycles. The maximum absolute atomic E-state index is 13.2. The lowest BCUT2D eigenvalue weighted by atomic mass is 9.95. The van der Waals surface area contributed by atoms with Gasteiger partial charge in [0, 0.05) is 31.9 Å². The molecule has 6 nitrogen and oxygen atoms in total. The molecule has 1 amide bonds. The number of amides is 1. The van der Waals surface area contributed by atoms with E-state index in [4.69, 9.17) is 4.74 Å². The van der Waals surface area contributed by atoms with Gasteiger partial charge in [0.1, 0.15) is 11.5 Å². The molecule has 1 atom stereocenters. The zero-order chi connectivity index (χ0) is 23.5. The van der Waals surface area contributed by atoms with E-state index in [0.717, 1.165) is 16.8 Å². The summed E-state index contributed by atoms with van der Waals surface area (Å²) in [6, 6.07) is 23.3. The Kier molecular flexibility index (Phi) is 6.18. The summed E-state index contributed by atoms with van der Waals surface area (Å²) >= 11 is 0. The van der Waals surface area contributed by atoms with Crippen molar-refractivity contribution in [3.05, 3.63) is 101 Å². The van der Waals surface area contributed by atoms with E-state index < -0.39 is 17.7 Å². The maximum atomic E-state index is 13.2. The van der Waals surface area contributed by atoms with Gasteiger partial charge in [0.15, 0.2) is 0 Å². The second-order valence-corrected chi connectivity index (χ2v) is 8.13. The quantitative estimate of drug-likeness (QED) is 0.349. The zero-order valence-electron chi connectivity index (χ0n) is 18.9. The Hall–Kier alpha value is -4.06. The van der Waals surface area contributed by atoms with Gasteiger partial charge >= 0.3 is 0 Å². The number of Topliss-reactive ketones (excluding diaryl/α,β-unsaturated/α-hetero) is 1. The SMILES string of the molecule is COc1cccc(C(O)=C2C(=O)C(=O)N(Cc3ccccc3)C2c2ccc(N(C)C)cc2)c1. The van der Waals surface area contributed by atoms with E-state index >= 15 is 0 Å². The zero-order valence-corrected chi connectivity index (χ0v) is 18.9. The highest BCUT2D eigenvalue weighted by atomic mass is 16.5. The topological polar surface area (TPSA) is 70.1 Å². The van der Waals surface area contributed by atoms with Crippen molar-refractivity contribution in [2.75, 3.05) is 26.1 Å². The van der Waals surface area contributed by atoms with Crippen LogP contribution in [0.15, 0.2) is 84.4 Å². The summed E-state index contributed by atoms with van der Waals surface area (Å²) in [4.78, 5) is 29.8. The first-order valence-corrected chi connectivity index (χ1v) is 10.6. The molecule has 0 bridgehead atoms. The van der Waals surface area contributed by atoms with E-state index in [9.17, 15) is 14.7 Å². The van der Waals surface area contributed by atoms with Gasteiger partial charge in [0.25, 0.3) is 11.7 Å². The molecule has 3 aromatic carbocycles. The van der Waals surface area contributed by atoms with Gasteiger partial charge in [-0.1, -0.05) is 54.6 Å². The monoisotopic (exact) mass is 442 g/mol. The Balaban J connectivity index is 1.85. The summed E-state index contributed by atoms with van der Waals surface area (Å²) in [6.45, 7) is 0.250. The molecule has 1 unspecified atom stereocenters. The number of rotatable bonds is 6. The van der Waals surface area contributed by atoms with Gasteiger partial charge in [-0.05, 0) is 35.4 Å². The molecule has 168 valence electrons. The van der Waals surface area contributed by atoms with E-state index in [1.165, 1.54) is 12.0 Å². The lowest BCUT2D eigenvalue weighted by Gasteiger charge is -2.26. The van der Waals surface area contributed by atoms with Crippen molar-refractivity contribution in [1.82, 2.24) is 4.90 Å². The molecule has 0 saturated carbocycles. The molecule has 0 aromatic heterocycles. The van der Waals surface area contributed by atoms with Gasteiger partial charge in [-0.2, -0.15) is 0 Å². The first-order valence-electron chi connectivity index (χ1n) is 10.6. The van der Waals surface area contributed by atoms with Gasteiger partial charge in [-0.3, -0.25) is 9.59 Å². The first kappa shape index (κ1) is 22.1. The molecule has 6 heteroatoms.